The summed E-state index contributed by atoms with van der Waals surface area (Å²) in [5, 5.41) is 8.20. The monoisotopic (exact) mass is 448 g/mol. The number of benzene rings is 1. The molecule has 32 heavy (non-hydrogen) atoms. The Bertz CT molecular complexity index is 1090. The Kier molecular flexibility index (Phi) is 6.85. The molecule has 2 aromatic heterocycles. The first-order chi connectivity index (χ1) is 15.5. The summed E-state index contributed by atoms with van der Waals surface area (Å²) in [6.07, 6.45) is 4.17. The van der Waals surface area contributed by atoms with Gasteiger partial charge in [0.15, 0.2) is 0 Å². The van der Waals surface area contributed by atoms with Crippen molar-refractivity contribution in [1.82, 2.24) is 10.3 Å². The molecule has 1 aliphatic heterocycles. The second-order valence-corrected chi connectivity index (χ2v) is 9.21. The molecule has 0 radical (unpaired) electrons. The van der Waals surface area contributed by atoms with E-state index in [1.807, 2.05) is 41.8 Å². The summed E-state index contributed by atoms with van der Waals surface area (Å²) < 4.78 is 0. The van der Waals surface area contributed by atoms with E-state index in [-0.39, 0.29) is 11.8 Å². The maximum atomic E-state index is 12.8. The molecule has 4 rings (SSSR count). The highest BCUT2D eigenvalue weighted by atomic mass is 32.1. The summed E-state index contributed by atoms with van der Waals surface area (Å²) in [6, 6.07) is 13.2. The molecular formula is C25H28N4O2S. The van der Waals surface area contributed by atoms with Crippen LogP contribution in [0.1, 0.15) is 64.4 Å². The minimum Gasteiger partial charge on any atom is -0.357 e. The zero-order chi connectivity index (χ0) is 22.5. The van der Waals surface area contributed by atoms with Gasteiger partial charge in [0, 0.05) is 31.4 Å². The highest BCUT2D eigenvalue weighted by Gasteiger charge is 2.17. The molecule has 1 saturated heterocycles. The molecule has 0 spiro atoms. The number of carbonyl (C=O) groups is 2. The Morgan fingerprint density at radius 1 is 1.06 bits per heavy atom. The maximum Gasteiger partial charge on any atom is 0.256 e. The SMILES string of the molecule is CC(C)c1ccc(C(=O)Nc2sccc2C(=O)NCc2ccnc(N3CCCC3)c2)cc1. The van der Waals surface area contributed by atoms with Gasteiger partial charge in [-0.2, -0.15) is 0 Å². The van der Waals surface area contributed by atoms with E-state index >= 15 is 0 Å². The van der Waals surface area contributed by atoms with Crippen molar-refractivity contribution in [2.75, 3.05) is 23.3 Å². The molecule has 0 unspecified atom stereocenters. The fraction of sp³-hybridized carbons (Fsp3) is 0.320. The number of nitrogens with zero attached hydrogens (tertiary/aromatic N) is 2. The molecule has 3 aromatic rings. The van der Waals surface area contributed by atoms with E-state index in [4.69, 9.17) is 0 Å². The van der Waals surface area contributed by atoms with Crippen LogP contribution in [0, 0.1) is 0 Å². The van der Waals surface area contributed by atoms with E-state index in [1.54, 1.807) is 12.3 Å². The van der Waals surface area contributed by atoms with E-state index in [9.17, 15) is 9.59 Å². The summed E-state index contributed by atoms with van der Waals surface area (Å²) in [7, 11) is 0. The number of carbonyl (C=O) groups excluding carboxylic acids is 2. The average molecular weight is 449 g/mol. The van der Waals surface area contributed by atoms with Crippen molar-refractivity contribution in [2.45, 2.75) is 39.2 Å². The molecule has 6 nitrogen and oxygen atoms in total. The number of hydrogen-bond acceptors (Lipinski definition) is 5. The molecule has 0 aliphatic carbocycles. The number of pyridine rings is 1. The predicted molar refractivity (Wildman–Crippen MR) is 130 cm³/mol. The van der Waals surface area contributed by atoms with Crippen molar-refractivity contribution in [1.29, 1.82) is 0 Å². The molecule has 1 fully saturated rings. The van der Waals surface area contributed by atoms with Gasteiger partial charge in [-0.25, -0.2) is 4.98 Å². The summed E-state index contributed by atoms with van der Waals surface area (Å²) in [4.78, 5) is 32.2. The lowest BCUT2D eigenvalue weighted by atomic mass is 10.0. The second kappa shape index (κ2) is 9.96. The Morgan fingerprint density at radius 2 is 1.81 bits per heavy atom. The van der Waals surface area contributed by atoms with Crippen LogP contribution in [0.15, 0.2) is 54.0 Å². The third-order valence-corrected chi connectivity index (χ3v) is 6.50. The first-order valence-electron chi connectivity index (χ1n) is 11.0. The summed E-state index contributed by atoms with van der Waals surface area (Å²) in [5.74, 6) is 0.935. The van der Waals surface area contributed by atoms with Gasteiger partial charge in [-0.1, -0.05) is 26.0 Å². The van der Waals surface area contributed by atoms with E-state index in [2.05, 4.69) is 34.4 Å². The topological polar surface area (TPSA) is 74.3 Å². The van der Waals surface area contributed by atoms with E-state index in [0.717, 1.165) is 24.5 Å². The Hall–Kier alpha value is -3.19. The predicted octanol–water partition coefficient (Wildman–Crippen LogP) is 5.05. The van der Waals surface area contributed by atoms with Crippen LogP contribution in [-0.4, -0.2) is 29.9 Å². The molecule has 3 heterocycles. The fourth-order valence-corrected chi connectivity index (χ4v) is 4.53. The van der Waals surface area contributed by atoms with Crippen LogP contribution < -0.4 is 15.5 Å². The van der Waals surface area contributed by atoms with E-state index < -0.39 is 0 Å². The Morgan fingerprint density at radius 3 is 2.53 bits per heavy atom. The summed E-state index contributed by atoms with van der Waals surface area (Å²) >= 11 is 1.34. The first kappa shape index (κ1) is 22.0. The third kappa shape index (κ3) is 5.16. The molecule has 1 aromatic carbocycles. The van der Waals surface area contributed by atoms with Gasteiger partial charge in [0.25, 0.3) is 11.8 Å². The lowest BCUT2D eigenvalue weighted by Gasteiger charge is -2.17. The van der Waals surface area contributed by atoms with Crippen molar-refractivity contribution in [3.8, 4) is 0 Å². The van der Waals surface area contributed by atoms with E-state index in [1.165, 1.54) is 29.7 Å². The van der Waals surface area contributed by atoms with Gasteiger partial charge < -0.3 is 15.5 Å². The van der Waals surface area contributed by atoms with Crippen LogP contribution in [0.2, 0.25) is 0 Å². The van der Waals surface area contributed by atoms with Gasteiger partial charge in [0.2, 0.25) is 0 Å². The van der Waals surface area contributed by atoms with Crippen LogP contribution in [0.25, 0.3) is 0 Å². The van der Waals surface area contributed by atoms with Crippen molar-refractivity contribution in [3.05, 3.63) is 76.3 Å². The number of amides is 2. The zero-order valence-corrected chi connectivity index (χ0v) is 19.2. The molecule has 1 aliphatic rings. The Labute approximate surface area is 192 Å². The van der Waals surface area contributed by atoms with Crippen molar-refractivity contribution >= 4 is 34.0 Å². The van der Waals surface area contributed by atoms with Gasteiger partial charge in [0.05, 0.1) is 5.56 Å². The minimum absolute atomic E-state index is 0.212. The molecule has 0 saturated carbocycles. The average Bonchev–Trinajstić information content (AvgIpc) is 3.50. The summed E-state index contributed by atoms with van der Waals surface area (Å²) in [5.41, 5.74) is 3.22. The van der Waals surface area contributed by atoms with Gasteiger partial charge in [-0.3, -0.25) is 9.59 Å². The van der Waals surface area contributed by atoms with Crippen LogP contribution in [0.5, 0.6) is 0 Å². The largest absolute Gasteiger partial charge is 0.357 e. The highest BCUT2D eigenvalue weighted by molar-refractivity contribution is 7.14. The van der Waals surface area contributed by atoms with Crippen molar-refractivity contribution in [2.24, 2.45) is 0 Å². The van der Waals surface area contributed by atoms with Gasteiger partial charge in [-0.15, -0.1) is 11.3 Å². The molecular weight excluding hydrogens is 420 g/mol. The molecule has 2 N–H and O–H groups in total. The van der Waals surface area contributed by atoms with Gasteiger partial charge >= 0.3 is 0 Å². The lowest BCUT2D eigenvalue weighted by molar-refractivity contribution is 0.0952. The number of thiophene rings is 1. The molecule has 2 amide bonds. The standard InChI is InChI=1S/C25H28N4O2S/c1-17(2)19-5-7-20(8-6-19)23(30)28-25-21(10-14-32-25)24(31)27-16-18-9-11-26-22(15-18)29-12-3-4-13-29/h5-11,14-15,17H,3-4,12-13,16H2,1-2H3,(H,27,31)(H,28,30). The molecule has 0 atom stereocenters. The van der Waals surface area contributed by atoms with Crippen molar-refractivity contribution < 1.29 is 9.59 Å². The molecule has 7 heteroatoms. The van der Waals surface area contributed by atoms with E-state index in [0.29, 0.717) is 28.6 Å². The number of rotatable bonds is 7. The molecule has 166 valence electrons. The lowest BCUT2D eigenvalue weighted by Crippen LogP contribution is -2.24. The fourth-order valence-electron chi connectivity index (χ4n) is 3.75. The van der Waals surface area contributed by atoms with Crippen LogP contribution in [-0.2, 0) is 6.54 Å². The minimum atomic E-state index is -0.221. The number of nitrogens with one attached hydrogen (secondary N) is 2. The number of hydrogen-bond donors (Lipinski definition) is 2. The smallest absolute Gasteiger partial charge is 0.256 e. The van der Waals surface area contributed by atoms with Crippen LogP contribution in [0.3, 0.4) is 0 Å². The number of anilines is 2. The van der Waals surface area contributed by atoms with Gasteiger partial charge in [0.1, 0.15) is 10.8 Å². The second-order valence-electron chi connectivity index (χ2n) is 8.29. The van der Waals surface area contributed by atoms with Crippen LogP contribution in [0.4, 0.5) is 10.8 Å². The maximum absolute atomic E-state index is 12.8. The third-order valence-electron chi connectivity index (χ3n) is 5.67. The summed E-state index contributed by atoms with van der Waals surface area (Å²) in [6.45, 7) is 6.69. The number of aromatic nitrogens is 1. The van der Waals surface area contributed by atoms with Gasteiger partial charge in [-0.05, 0) is 65.6 Å². The zero-order valence-electron chi connectivity index (χ0n) is 18.4. The first-order valence-corrected chi connectivity index (χ1v) is 11.9. The quantitative estimate of drug-likeness (QED) is 0.530. The van der Waals surface area contributed by atoms with Crippen molar-refractivity contribution in [3.63, 3.8) is 0 Å². The van der Waals surface area contributed by atoms with Crippen LogP contribution >= 0.6 is 11.3 Å². The normalized spacial score (nSPS) is 13.4. The highest BCUT2D eigenvalue weighted by Crippen LogP contribution is 2.25. The Balaban J connectivity index is 1.38. The molecule has 0 bridgehead atoms.